The van der Waals surface area contributed by atoms with E-state index in [2.05, 4.69) is 319 Å². The van der Waals surface area contributed by atoms with Gasteiger partial charge in [0.25, 0.3) is 6.71 Å². The lowest BCUT2D eigenvalue weighted by atomic mass is 9.36. The summed E-state index contributed by atoms with van der Waals surface area (Å²) in [5, 5.41) is 3.26. The highest BCUT2D eigenvalue weighted by Crippen LogP contribution is 2.56. The van der Waals surface area contributed by atoms with Crippen LogP contribution in [-0.2, 0) is 22.4 Å². The number of benzene rings is 10. The van der Waals surface area contributed by atoms with E-state index in [0.29, 0.717) is 5.88 Å². The van der Waals surface area contributed by atoms with E-state index >= 15 is 0 Å². The van der Waals surface area contributed by atoms with Gasteiger partial charge in [-0.05, 0) is 143 Å². The number of fused-ring (bicyclic) bond motifs is 7. The Morgan fingerprint density at radius 2 is 0.968 bits per heavy atom. The van der Waals surface area contributed by atoms with E-state index in [1.165, 1.54) is 43.7 Å². The molecule has 2 aliphatic rings. The number of halogens is 3. The molecule has 0 saturated carbocycles. The first-order valence-electron chi connectivity index (χ1n) is 33.3. The van der Waals surface area contributed by atoms with Crippen molar-refractivity contribution in [2.45, 2.75) is 136 Å². The van der Waals surface area contributed by atoms with Gasteiger partial charge in [-0.25, -0.2) is 0 Å². The second kappa shape index (κ2) is 22.7. The summed E-state index contributed by atoms with van der Waals surface area (Å²) in [6.07, 6.45) is -4.51. The van der Waals surface area contributed by atoms with E-state index in [4.69, 9.17) is 4.42 Å². The second-order valence-electron chi connectivity index (χ2n) is 31.3. The predicted octanol–water partition coefficient (Wildman–Crippen LogP) is 22.6. The zero-order valence-electron chi connectivity index (χ0n) is 57.3. The standard InChI is InChI=1S/C85H83BF3N3OSSi/c1-80(2,3)56-34-41-60(42-35-56)90(69-32-24-22-30-65(69)54-26-18-16-19-27-54)62-45-48-68-70(51-62)92(79-75(55-28-20-17-21-29-55)66-31-23-25-33-73(66)93-79)72-53-64(95(83(10,11)12,84(13,14)15)63-46-38-58(39-47-63)85(87,88)89)52-71-76(72)86(68)78-77(67-50-59(82(7,8)9)40-49-74(67)94-78)91(71)61-43-36-57(37-44-61)81(4,5)6/h16-53H,1-15H3. The fourth-order valence-corrected chi connectivity index (χ4v) is 24.7. The fraction of sp³-hybridized carbons (Fsp3) is 0.247. The number of furan rings is 1. The maximum absolute atomic E-state index is 14.9. The average molecular weight is 1290 g/mol. The molecule has 0 bridgehead atoms. The summed E-state index contributed by atoms with van der Waals surface area (Å²) < 4.78 is 54.8. The van der Waals surface area contributed by atoms with Crippen molar-refractivity contribution >= 4 is 125 Å². The summed E-state index contributed by atoms with van der Waals surface area (Å²) in [7, 11) is -3.43. The van der Waals surface area contributed by atoms with Gasteiger partial charge in [0, 0.05) is 59.9 Å². The summed E-state index contributed by atoms with van der Waals surface area (Å²) in [6.45, 7) is 34.1. The minimum absolute atomic E-state index is 0.0794. The molecule has 14 rings (SSSR count). The summed E-state index contributed by atoms with van der Waals surface area (Å²) in [4.78, 5) is 7.42. The monoisotopic (exact) mass is 1290 g/mol. The van der Waals surface area contributed by atoms with Crippen molar-refractivity contribution in [2.75, 3.05) is 14.7 Å². The Balaban J connectivity index is 1.18. The summed E-state index contributed by atoms with van der Waals surface area (Å²) in [5.74, 6) is 0.672. The molecule has 10 heteroatoms. The SMILES string of the molecule is CC(C)(C)c1ccc(N(c2ccc3c(c2)N(c2oc4ccccc4c2-c2ccccc2)c2cc([Si](c4ccc(C(F)(F)F)cc4)(C(C)(C)C)C(C)(C)C)cc4c2B3c2sc3ccc(C(C)(C)C)cc3c2N4c2ccc(C(C)(C)C)cc2)c2ccccc2-c2ccccc2)cc1. The molecule has 0 fully saturated rings. The number of anilines is 9. The minimum Gasteiger partial charge on any atom is -0.439 e. The van der Waals surface area contributed by atoms with Crippen LogP contribution < -0.4 is 40.8 Å². The van der Waals surface area contributed by atoms with Crippen molar-refractivity contribution in [2.24, 2.45) is 0 Å². The average Bonchev–Trinajstić information content (AvgIpc) is 1.67. The molecule has 4 heterocycles. The Bertz CT molecular complexity index is 4890. The highest BCUT2D eigenvalue weighted by molar-refractivity contribution is 7.33. The van der Waals surface area contributed by atoms with Crippen LogP contribution in [0.15, 0.2) is 235 Å². The number of hydrogen-bond donors (Lipinski definition) is 0. The van der Waals surface area contributed by atoms with Gasteiger partial charge in [0.2, 0.25) is 5.88 Å². The maximum Gasteiger partial charge on any atom is 0.416 e. The molecule has 0 spiro atoms. The first kappa shape index (κ1) is 63.6. The number of nitrogens with zero attached hydrogens (tertiary/aromatic N) is 3. The number of hydrogen-bond acceptors (Lipinski definition) is 5. The van der Waals surface area contributed by atoms with Crippen molar-refractivity contribution in [1.82, 2.24) is 0 Å². The topological polar surface area (TPSA) is 22.9 Å². The minimum atomic E-state index is -4.51. The van der Waals surface area contributed by atoms with E-state index in [-0.39, 0.29) is 23.0 Å². The Morgan fingerprint density at radius 1 is 0.442 bits per heavy atom. The third-order valence-electron chi connectivity index (χ3n) is 20.2. The van der Waals surface area contributed by atoms with Gasteiger partial charge in [0.05, 0.1) is 22.5 Å². The molecule has 478 valence electrons. The van der Waals surface area contributed by atoms with Crippen LogP contribution in [0.4, 0.5) is 64.6 Å². The quantitative estimate of drug-likeness (QED) is 0.134. The Kier molecular flexibility index (Phi) is 15.2. The lowest BCUT2D eigenvalue weighted by Crippen LogP contribution is -2.70. The summed E-state index contributed by atoms with van der Waals surface area (Å²) in [5.41, 5.74) is 18.0. The molecule has 2 aromatic heterocycles. The van der Waals surface area contributed by atoms with Crippen LogP contribution in [0.25, 0.3) is 43.3 Å². The summed E-state index contributed by atoms with van der Waals surface area (Å²) in [6, 6.07) is 82.1. The van der Waals surface area contributed by atoms with Crippen molar-refractivity contribution in [3.8, 4) is 22.3 Å². The lowest BCUT2D eigenvalue weighted by molar-refractivity contribution is -0.137. The second-order valence-corrected chi connectivity index (χ2v) is 38.1. The molecule has 4 nitrogen and oxygen atoms in total. The molecule has 0 unspecified atom stereocenters. The van der Waals surface area contributed by atoms with Crippen LogP contribution in [0.1, 0.15) is 126 Å². The van der Waals surface area contributed by atoms with Crippen LogP contribution in [-0.4, -0.2) is 14.8 Å². The van der Waals surface area contributed by atoms with Gasteiger partial charge in [-0.3, -0.25) is 4.90 Å². The van der Waals surface area contributed by atoms with Crippen LogP contribution in [0.3, 0.4) is 0 Å². The molecule has 0 aliphatic carbocycles. The van der Waals surface area contributed by atoms with Crippen LogP contribution in [0, 0.1) is 0 Å². The first-order valence-corrected chi connectivity index (χ1v) is 36.1. The third kappa shape index (κ3) is 10.7. The molecule has 0 saturated heterocycles. The number of para-hydroxylation sites is 2. The van der Waals surface area contributed by atoms with Crippen molar-refractivity contribution in [3.63, 3.8) is 0 Å². The predicted molar refractivity (Wildman–Crippen MR) is 403 cm³/mol. The molecule has 12 aromatic rings. The summed E-state index contributed by atoms with van der Waals surface area (Å²) >= 11 is 1.88. The molecule has 2 aliphatic heterocycles. The van der Waals surface area contributed by atoms with E-state index in [0.717, 1.165) is 100 Å². The van der Waals surface area contributed by atoms with Gasteiger partial charge in [-0.1, -0.05) is 267 Å². The number of alkyl halides is 3. The van der Waals surface area contributed by atoms with Gasteiger partial charge in [0.1, 0.15) is 13.7 Å². The largest absolute Gasteiger partial charge is 0.439 e. The third-order valence-corrected chi connectivity index (χ3v) is 28.2. The molecule has 10 aromatic carbocycles. The maximum atomic E-state index is 14.9. The molecular weight excluding hydrogens is 1210 g/mol. The number of rotatable bonds is 9. The Hall–Kier alpha value is -8.83. The fourth-order valence-electron chi connectivity index (χ4n) is 16.0. The molecular formula is C85H83BF3N3OSSi. The number of thiophene rings is 1. The Morgan fingerprint density at radius 3 is 1.57 bits per heavy atom. The highest BCUT2D eigenvalue weighted by atomic mass is 32.1. The van der Waals surface area contributed by atoms with Crippen molar-refractivity contribution in [3.05, 3.63) is 253 Å². The van der Waals surface area contributed by atoms with Crippen molar-refractivity contribution in [1.29, 1.82) is 0 Å². The smallest absolute Gasteiger partial charge is 0.416 e. The van der Waals surface area contributed by atoms with Gasteiger partial charge in [0.15, 0.2) is 0 Å². The zero-order valence-corrected chi connectivity index (χ0v) is 59.1. The molecule has 0 amide bonds. The van der Waals surface area contributed by atoms with E-state index in [1.54, 1.807) is 0 Å². The van der Waals surface area contributed by atoms with Gasteiger partial charge in [-0.15, -0.1) is 11.3 Å². The van der Waals surface area contributed by atoms with E-state index < -0.39 is 29.9 Å². The highest BCUT2D eigenvalue weighted by Gasteiger charge is 2.57. The van der Waals surface area contributed by atoms with Gasteiger partial charge < -0.3 is 14.2 Å². The molecule has 0 radical (unpaired) electrons. The molecule has 0 N–H and O–H groups in total. The van der Waals surface area contributed by atoms with E-state index in [9.17, 15) is 13.2 Å². The zero-order chi connectivity index (χ0) is 67.1. The first-order chi connectivity index (χ1) is 44.9. The molecule has 0 atom stereocenters. The van der Waals surface area contributed by atoms with Crippen LogP contribution in [0.2, 0.25) is 10.1 Å². The Labute approximate surface area is 564 Å². The normalized spacial score (nSPS) is 13.7. The van der Waals surface area contributed by atoms with Gasteiger partial charge in [-0.2, -0.15) is 13.2 Å². The van der Waals surface area contributed by atoms with Crippen LogP contribution in [0.5, 0.6) is 0 Å². The molecule has 95 heavy (non-hydrogen) atoms. The van der Waals surface area contributed by atoms with Crippen molar-refractivity contribution < 1.29 is 17.6 Å². The lowest BCUT2D eigenvalue weighted by Gasteiger charge is -2.54. The van der Waals surface area contributed by atoms with Gasteiger partial charge >= 0.3 is 6.18 Å². The van der Waals surface area contributed by atoms with Crippen LogP contribution >= 0.6 is 11.3 Å². The van der Waals surface area contributed by atoms with E-state index in [1.807, 2.05) is 29.5 Å².